The molecule has 1 unspecified atom stereocenters. The number of hydrogen-bond donors (Lipinski definition) is 7. The summed E-state index contributed by atoms with van der Waals surface area (Å²) in [5, 5.41) is 67.3. The Kier molecular flexibility index (Phi) is 5.72. The van der Waals surface area contributed by atoms with E-state index in [0.29, 0.717) is 0 Å². The van der Waals surface area contributed by atoms with E-state index in [0.717, 1.165) is 0 Å². The van der Waals surface area contributed by atoms with Gasteiger partial charge in [0, 0.05) is 0 Å². The van der Waals surface area contributed by atoms with Crippen molar-refractivity contribution < 1.29 is 50.0 Å². The third kappa shape index (κ3) is 3.26. The van der Waals surface area contributed by atoms with Crippen molar-refractivity contribution >= 4 is 0 Å². The van der Waals surface area contributed by atoms with Crippen LogP contribution in [0, 0.1) is 0 Å². The van der Waals surface area contributed by atoms with E-state index < -0.39 is 68.0 Å². The van der Waals surface area contributed by atoms with Crippen LogP contribution in [-0.2, 0) is 14.2 Å². The molecule has 10 atom stereocenters. The Labute approximate surface area is 126 Å². The molecule has 22 heavy (non-hydrogen) atoms. The zero-order valence-corrected chi connectivity index (χ0v) is 11.8. The molecule has 10 nitrogen and oxygen atoms in total. The number of ether oxygens (including phenoxy) is 3. The number of hydrogen-bond acceptors (Lipinski definition) is 10. The quantitative estimate of drug-likeness (QED) is 0.269. The van der Waals surface area contributed by atoms with Gasteiger partial charge >= 0.3 is 0 Å². The summed E-state index contributed by atoms with van der Waals surface area (Å²) in [6, 6.07) is 0. The Bertz CT molecular complexity index is 366. The van der Waals surface area contributed by atoms with Crippen molar-refractivity contribution in [1.82, 2.24) is 0 Å². The first-order valence-electron chi connectivity index (χ1n) is 6.93. The van der Waals surface area contributed by atoms with Crippen LogP contribution < -0.4 is 0 Å². The first-order valence-corrected chi connectivity index (χ1v) is 6.93. The Balaban J connectivity index is 2.10. The highest BCUT2D eigenvalue weighted by atomic mass is 16.7. The van der Waals surface area contributed by atoms with E-state index in [2.05, 4.69) is 0 Å². The topological polar surface area (TPSA) is 169 Å². The SMILES string of the molecule is C[C@H]1O[C@@H](O[C@H]2[C@H](O)[C@@H](O)C(O)O[C@@H]2CO)[C@H](O)[C@@H](O)[C@H]1O. The van der Waals surface area contributed by atoms with Crippen molar-refractivity contribution in [3.05, 3.63) is 0 Å². The van der Waals surface area contributed by atoms with Gasteiger partial charge in [0.15, 0.2) is 12.6 Å². The molecule has 2 saturated heterocycles. The Morgan fingerprint density at radius 3 is 2.05 bits per heavy atom. The van der Waals surface area contributed by atoms with Crippen LogP contribution in [0.25, 0.3) is 0 Å². The molecule has 2 aliphatic heterocycles. The van der Waals surface area contributed by atoms with Crippen LogP contribution in [0.5, 0.6) is 0 Å². The van der Waals surface area contributed by atoms with Crippen LogP contribution in [0.2, 0.25) is 0 Å². The van der Waals surface area contributed by atoms with Gasteiger partial charge in [-0.2, -0.15) is 0 Å². The van der Waals surface area contributed by atoms with Crippen LogP contribution in [0.1, 0.15) is 6.92 Å². The summed E-state index contributed by atoms with van der Waals surface area (Å²) in [6.07, 6.45) is -14.2. The third-order valence-corrected chi connectivity index (χ3v) is 3.94. The summed E-state index contributed by atoms with van der Waals surface area (Å²) in [4.78, 5) is 0. The monoisotopic (exact) mass is 326 g/mol. The molecule has 2 fully saturated rings. The zero-order chi connectivity index (χ0) is 16.6. The van der Waals surface area contributed by atoms with E-state index in [9.17, 15) is 35.7 Å². The highest BCUT2D eigenvalue weighted by Gasteiger charge is 2.49. The average molecular weight is 326 g/mol. The number of aliphatic hydroxyl groups is 7. The first kappa shape index (κ1) is 17.9. The minimum Gasteiger partial charge on any atom is -0.394 e. The lowest BCUT2D eigenvalue weighted by atomic mass is 9.97. The largest absolute Gasteiger partial charge is 0.394 e. The van der Waals surface area contributed by atoms with Gasteiger partial charge in [0.1, 0.15) is 42.7 Å². The smallest absolute Gasteiger partial charge is 0.187 e. The first-order chi connectivity index (χ1) is 10.3. The summed E-state index contributed by atoms with van der Waals surface area (Å²) in [6.45, 7) is 0.821. The van der Waals surface area contributed by atoms with E-state index in [1.54, 1.807) is 0 Å². The highest BCUT2D eigenvalue weighted by Crippen LogP contribution is 2.28. The van der Waals surface area contributed by atoms with Gasteiger partial charge in [0.05, 0.1) is 12.7 Å². The minimum absolute atomic E-state index is 0.630. The normalized spacial score (nSPS) is 53.5. The summed E-state index contributed by atoms with van der Waals surface area (Å²) in [7, 11) is 0. The van der Waals surface area contributed by atoms with Gasteiger partial charge in [-0.3, -0.25) is 0 Å². The lowest BCUT2D eigenvalue weighted by molar-refractivity contribution is -0.352. The average Bonchev–Trinajstić information content (AvgIpc) is 2.50. The molecule has 0 aliphatic carbocycles. The predicted octanol–water partition coefficient (Wildman–Crippen LogP) is -4.37. The van der Waals surface area contributed by atoms with Crippen LogP contribution >= 0.6 is 0 Å². The van der Waals surface area contributed by atoms with Gasteiger partial charge in [-0.15, -0.1) is 0 Å². The van der Waals surface area contributed by atoms with Gasteiger partial charge in [0.2, 0.25) is 0 Å². The Morgan fingerprint density at radius 2 is 1.45 bits per heavy atom. The summed E-state index contributed by atoms with van der Waals surface area (Å²) < 4.78 is 15.4. The van der Waals surface area contributed by atoms with Crippen molar-refractivity contribution in [2.24, 2.45) is 0 Å². The van der Waals surface area contributed by atoms with Crippen molar-refractivity contribution in [2.45, 2.75) is 68.3 Å². The maximum atomic E-state index is 9.93. The molecule has 2 rings (SSSR count). The minimum atomic E-state index is -1.70. The van der Waals surface area contributed by atoms with Gasteiger partial charge < -0.3 is 50.0 Å². The molecule has 0 amide bonds. The van der Waals surface area contributed by atoms with E-state index in [1.807, 2.05) is 0 Å². The third-order valence-electron chi connectivity index (χ3n) is 3.94. The van der Waals surface area contributed by atoms with Gasteiger partial charge in [0.25, 0.3) is 0 Å². The molecular weight excluding hydrogens is 304 g/mol. The molecule has 0 radical (unpaired) electrons. The lowest BCUT2D eigenvalue weighted by Crippen LogP contribution is -2.63. The van der Waals surface area contributed by atoms with Crippen molar-refractivity contribution in [3.63, 3.8) is 0 Å². The van der Waals surface area contributed by atoms with Crippen LogP contribution in [0.3, 0.4) is 0 Å². The molecule has 0 bridgehead atoms. The molecule has 0 aromatic heterocycles. The molecule has 7 N–H and O–H groups in total. The second-order valence-corrected chi connectivity index (χ2v) is 5.51. The van der Waals surface area contributed by atoms with Gasteiger partial charge in [-0.25, -0.2) is 0 Å². The second kappa shape index (κ2) is 7.01. The second-order valence-electron chi connectivity index (χ2n) is 5.51. The van der Waals surface area contributed by atoms with E-state index in [4.69, 9.17) is 14.2 Å². The van der Waals surface area contributed by atoms with E-state index in [-0.39, 0.29) is 0 Å². The maximum absolute atomic E-state index is 9.93. The molecule has 2 aliphatic rings. The Morgan fingerprint density at radius 1 is 0.818 bits per heavy atom. The van der Waals surface area contributed by atoms with Crippen molar-refractivity contribution in [1.29, 1.82) is 0 Å². The predicted molar refractivity (Wildman–Crippen MR) is 67.2 cm³/mol. The molecule has 0 spiro atoms. The molecule has 10 heteroatoms. The van der Waals surface area contributed by atoms with Gasteiger partial charge in [-0.1, -0.05) is 0 Å². The summed E-state index contributed by atoms with van der Waals surface area (Å²) in [5.74, 6) is 0. The van der Waals surface area contributed by atoms with Crippen molar-refractivity contribution in [3.8, 4) is 0 Å². The number of rotatable bonds is 3. The molecule has 0 saturated carbocycles. The molecular formula is C12H22O10. The van der Waals surface area contributed by atoms with Crippen molar-refractivity contribution in [2.75, 3.05) is 6.61 Å². The fourth-order valence-corrected chi connectivity index (χ4v) is 2.52. The van der Waals surface area contributed by atoms with E-state index in [1.165, 1.54) is 6.92 Å². The lowest BCUT2D eigenvalue weighted by Gasteiger charge is -2.44. The fraction of sp³-hybridized carbons (Fsp3) is 1.00. The fourth-order valence-electron chi connectivity index (χ4n) is 2.52. The molecule has 0 aromatic carbocycles. The van der Waals surface area contributed by atoms with Crippen LogP contribution in [-0.4, -0.2) is 104 Å². The number of aliphatic hydroxyl groups excluding tert-OH is 7. The molecule has 130 valence electrons. The maximum Gasteiger partial charge on any atom is 0.187 e. The van der Waals surface area contributed by atoms with Gasteiger partial charge in [-0.05, 0) is 6.92 Å². The highest BCUT2D eigenvalue weighted by molar-refractivity contribution is 4.93. The molecule has 2 heterocycles. The van der Waals surface area contributed by atoms with E-state index >= 15 is 0 Å². The summed E-state index contributed by atoms with van der Waals surface area (Å²) >= 11 is 0. The van der Waals surface area contributed by atoms with Crippen LogP contribution in [0.15, 0.2) is 0 Å². The zero-order valence-electron chi connectivity index (χ0n) is 11.8. The van der Waals surface area contributed by atoms with Crippen LogP contribution in [0.4, 0.5) is 0 Å². The molecule has 0 aromatic rings. The Hall–Kier alpha value is -0.400. The standard InChI is InChI=1S/C12H22O10/c1-3-5(14)6(15)9(18)12(20-3)22-10-4(2-13)21-11(19)8(17)7(10)16/h3-19H,2H2,1H3/t3-,4-,5+,6+,7-,8-,9-,10-,11?,12+/m1/s1. The summed E-state index contributed by atoms with van der Waals surface area (Å²) in [5.41, 5.74) is 0.